The molecular weight excluding hydrogens is 459 g/mol. The fourth-order valence-electron chi connectivity index (χ4n) is 3.47. The second kappa shape index (κ2) is 10.8. The Kier molecular flexibility index (Phi) is 8.76. The summed E-state index contributed by atoms with van der Waals surface area (Å²) < 4.78 is 0. The van der Waals surface area contributed by atoms with Gasteiger partial charge in [-0.2, -0.15) is 0 Å². The average Bonchev–Trinajstić information content (AvgIpc) is 3.46. The normalized spacial score (nSPS) is 15.1. The molecule has 28 heavy (non-hydrogen) atoms. The van der Waals surface area contributed by atoms with Crippen molar-refractivity contribution in [3.05, 3.63) is 71.3 Å². The molecule has 1 saturated carbocycles. The number of nitrogens with one attached hydrogen (secondary N) is 2. The molecule has 0 aliphatic heterocycles. The van der Waals surface area contributed by atoms with Gasteiger partial charge in [0, 0.05) is 25.0 Å². The molecule has 152 valence electrons. The monoisotopic (exact) mass is 492 g/mol. The van der Waals surface area contributed by atoms with E-state index in [1.807, 2.05) is 0 Å². The Morgan fingerprint density at radius 3 is 2.36 bits per heavy atom. The summed E-state index contributed by atoms with van der Waals surface area (Å²) in [5, 5.41) is 6.95. The predicted molar refractivity (Wildman–Crippen MR) is 129 cm³/mol. The van der Waals surface area contributed by atoms with Crippen LogP contribution in [0.5, 0.6) is 0 Å². The number of hydrogen-bond donors (Lipinski definition) is 2. The molecular formula is C23H33IN4. The van der Waals surface area contributed by atoms with Crippen LogP contribution in [0.25, 0.3) is 0 Å². The van der Waals surface area contributed by atoms with E-state index in [0.29, 0.717) is 6.54 Å². The van der Waals surface area contributed by atoms with Gasteiger partial charge < -0.3 is 15.5 Å². The third-order valence-electron chi connectivity index (χ3n) is 5.09. The van der Waals surface area contributed by atoms with Crippen LogP contribution in [0.3, 0.4) is 0 Å². The zero-order valence-corrected chi connectivity index (χ0v) is 19.6. The summed E-state index contributed by atoms with van der Waals surface area (Å²) in [4.78, 5) is 7.00. The maximum absolute atomic E-state index is 4.81. The molecule has 0 amide bonds. The zero-order valence-electron chi connectivity index (χ0n) is 17.2. The van der Waals surface area contributed by atoms with Crippen molar-refractivity contribution in [3.63, 3.8) is 0 Å². The van der Waals surface area contributed by atoms with E-state index in [4.69, 9.17) is 4.99 Å². The molecule has 5 heteroatoms. The second-order valence-corrected chi connectivity index (χ2v) is 7.75. The van der Waals surface area contributed by atoms with E-state index in [1.54, 1.807) is 0 Å². The number of halogens is 1. The zero-order chi connectivity index (χ0) is 19.1. The third kappa shape index (κ3) is 6.48. The summed E-state index contributed by atoms with van der Waals surface area (Å²) in [6.45, 7) is 5.55. The highest BCUT2D eigenvalue weighted by molar-refractivity contribution is 14.0. The molecule has 1 aliphatic rings. The van der Waals surface area contributed by atoms with E-state index in [1.165, 1.54) is 29.5 Å². The van der Waals surface area contributed by atoms with Crippen molar-refractivity contribution in [2.45, 2.75) is 38.3 Å². The minimum absolute atomic E-state index is 0. The molecule has 2 aromatic carbocycles. The van der Waals surface area contributed by atoms with Crippen molar-refractivity contribution in [3.8, 4) is 0 Å². The lowest BCUT2D eigenvalue weighted by atomic mass is 9.96. The highest BCUT2D eigenvalue weighted by Gasteiger charge is 2.43. The van der Waals surface area contributed by atoms with Crippen molar-refractivity contribution < 1.29 is 0 Å². The highest BCUT2D eigenvalue weighted by Crippen LogP contribution is 2.47. The van der Waals surface area contributed by atoms with Crippen LogP contribution in [0.4, 0.5) is 0 Å². The first-order chi connectivity index (χ1) is 13.1. The van der Waals surface area contributed by atoms with Crippen LogP contribution < -0.4 is 10.6 Å². The molecule has 0 unspecified atom stereocenters. The largest absolute Gasteiger partial charge is 0.357 e. The van der Waals surface area contributed by atoms with E-state index in [0.717, 1.165) is 25.6 Å². The van der Waals surface area contributed by atoms with Gasteiger partial charge in [-0.05, 0) is 50.6 Å². The minimum atomic E-state index is 0. The van der Waals surface area contributed by atoms with Crippen LogP contribution in [0.2, 0.25) is 0 Å². The van der Waals surface area contributed by atoms with Crippen LogP contribution in [0.1, 0.15) is 36.5 Å². The lowest BCUT2D eigenvalue weighted by Crippen LogP contribution is -2.41. The van der Waals surface area contributed by atoms with Gasteiger partial charge in [-0.15, -0.1) is 24.0 Å². The molecule has 0 aromatic heterocycles. The summed E-state index contributed by atoms with van der Waals surface area (Å²) in [6.07, 6.45) is 2.49. The molecule has 3 rings (SSSR count). The second-order valence-electron chi connectivity index (χ2n) is 7.75. The third-order valence-corrected chi connectivity index (χ3v) is 5.09. The highest BCUT2D eigenvalue weighted by atomic mass is 127. The Hall–Kier alpha value is -1.60. The van der Waals surface area contributed by atoms with Crippen LogP contribution in [-0.2, 0) is 18.5 Å². The number of guanidine groups is 1. The van der Waals surface area contributed by atoms with Crippen molar-refractivity contribution in [2.24, 2.45) is 4.99 Å². The average molecular weight is 492 g/mol. The fraction of sp³-hybridized carbons (Fsp3) is 0.435. The minimum Gasteiger partial charge on any atom is -0.357 e. The molecule has 0 spiro atoms. The fourth-order valence-corrected chi connectivity index (χ4v) is 3.47. The Bertz CT molecular complexity index is 754. The standard InChI is InChI=1S/C23H32N4.HI/c1-4-24-22(25-16-19-9-8-10-20(15-19)17-27(2)3)26-18-23(13-14-23)21-11-6-5-7-12-21;/h5-12,15H,4,13-14,16-18H2,1-3H3,(H2,24,25,26);1H. The van der Waals surface area contributed by atoms with Gasteiger partial charge in [0.25, 0.3) is 0 Å². The smallest absolute Gasteiger partial charge is 0.191 e. The molecule has 2 N–H and O–H groups in total. The quantitative estimate of drug-likeness (QED) is 0.331. The molecule has 4 nitrogen and oxygen atoms in total. The Labute approximate surface area is 186 Å². The van der Waals surface area contributed by atoms with Gasteiger partial charge in [0.05, 0.1) is 6.54 Å². The van der Waals surface area contributed by atoms with Gasteiger partial charge in [-0.3, -0.25) is 0 Å². The maximum atomic E-state index is 4.81. The molecule has 2 aromatic rings. The number of rotatable bonds is 8. The van der Waals surface area contributed by atoms with Crippen molar-refractivity contribution >= 4 is 29.9 Å². The lowest BCUT2D eigenvalue weighted by Gasteiger charge is -2.19. The number of benzene rings is 2. The van der Waals surface area contributed by atoms with Gasteiger partial charge in [0.1, 0.15) is 0 Å². The molecule has 1 aliphatic carbocycles. The summed E-state index contributed by atoms with van der Waals surface area (Å²) in [5.41, 5.74) is 4.29. The van der Waals surface area contributed by atoms with E-state index < -0.39 is 0 Å². The number of hydrogen-bond acceptors (Lipinski definition) is 2. The van der Waals surface area contributed by atoms with Gasteiger partial charge in [0.15, 0.2) is 5.96 Å². The summed E-state index contributed by atoms with van der Waals surface area (Å²) in [7, 11) is 4.19. The topological polar surface area (TPSA) is 39.7 Å². The number of nitrogens with zero attached hydrogens (tertiary/aromatic N) is 2. The van der Waals surface area contributed by atoms with Crippen LogP contribution in [0.15, 0.2) is 59.6 Å². The lowest BCUT2D eigenvalue weighted by molar-refractivity contribution is 0.402. The van der Waals surface area contributed by atoms with Crippen molar-refractivity contribution in [1.29, 1.82) is 0 Å². The van der Waals surface area contributed by atoms with E-state index >= 15 is 0 Å². The van der Waals surface area contributed by atoms with E-state index in [9.17, 15) is 0 Å². The Morgan fingerprint density at radius 1 is 1.00 bits per heavy atom. The molecule has 0 radical (unpaired) electrons. The van der Waals surface area contributed by atoms with Crippen LogP contribution >= 0.6 is 24.0 Å². The molecule has 1 fully saturated rings. The van der Waals surface area contributed by atoms with Gasteiger partial charge in [-0.25, -0.2) is 4.99 Å². The molecule has 0 bridgehead atoms. The molecule has 0 atom stereocenters. The summed E-state index contributed by atoms with van der Waals surface area (Å²) >= 11 is 0. The Morgan fingerprint density at radius 2 is 1.71 bits per heavy atom. The molecule has 0 heterocycles. The van der Waals surface area contributed by atoms with Crippen molar-refractivity contribution in [1.82, 2.24) is 15.5 Å². The number of aliphatic imine (C=N–C) groups is 1. The van der Waals surface area contributed by atoms with Gasteiger partial charge in [0.2, 0.25) is 0 Å². The van der Waals surface area contributed by atoms with E-state index in [-0.39, 0.29) is 29.4 Å². The first-order valence-corrected chi connectivity index (χ1v) is 9.91. The maximum Gasteiger partial charge on any atom is 0.191 e. The predicted octanol–water partition coefficient (Wildman–Crippen LogP) is 4.15. The summed E-state index contributed by atoms with van der Waals surface area (Å²) in [5.74, 6) is 0.901. The van der Waals surface area contributed by atoms with Gasteiger partial charge in [-0.1, -0.05) is 54.6 Å². The van der Waals surface area contributed by atoms with Gasteiger partial charge >= 0.3 is 0 Å². The first-order valence-electron chi connectivity index (χ1n) is 9.91. The first kappa shape index (κ1) is 22.7. The Balaban J connectivity index is 0.00000280. The molecule has 0 saturated heterocycles. The van der Waals surface area contributed by atoms with Crippen LogP contribution in [-0.4, -0.2) is 38.0 Å². The summed E-state index contributed by atoms with van der Waals surface area (Å²) in [6, 6.07) is 19.5. The van der Waals surface area contributed by atoms with E-state index in [2.05, 4.69) is 91.1 Å². The van der Waals surface area contributed by atoms with Crippen molar-refractivity contribution in [2.75, 3.05) is 27.2 Å². The van der Waals surface area contributed by atoms with Crippen LogP contribution in [0, 0.1) is 0 Å². The SMILES string of the molecule is CCNC(=NCc1cccc(CN(C)C)c1)NCC1(c2ccccc2)CC1.I.